The summed E-state index contributed by atoms with van der Waals surface area (Å²) >= 11 is 0. The zero-order valence-corrected chi connectivity index (χ0v) is 10.4. The van der Waals surface area contributed by atoms with Crippen molar-refractivity contribution in [2.24, 2.45) is 0 Å². The van der Waals surface area contributed by atoms with Gasteiger partial charge in [0.05, 0.1) is 28.7 Å². The quantitative estimate of drug-likeness (QED) is 0.837. The van der Waals surface area contributed by atoms with Crippen LogP contribution in [-0.4, -0.2) is 10.9 Å². The Labute approximate surface area is 116 Å². The van der Waals surface area contributed by atoms with E-state index in [1.165, 1.54) is 18.5 Å². The number of nitrogen functional groups attached to an aromatic ring is 1. The number of halogens is 4. The lowest BCUT2D eigenvalue weighted by Crippen LogP contribution is -2.16. The highest BCUT2D eigenvalue weighted by molar-refractivity contribution is 6.05. The van der Waals surface area contributed by atoms with Gasteiger partial charge in [0.25, 0.3) is 5.91 Å². The molecule has 0 aliphatic carbocycles. The third kappa shape index (κ3) is 3.28. The molecule has 0 atom stereocenters. The molecule has 0 radical (unpaired) electrons. The van der Waals surface area contributed by atoms with E-state index < -0.39 is 29.0 Å². The van der Waals surface area contributed by atoms with Crippen molar-refractivity contribution in [2.45, 2.75) is 6.18 Å². The normalized spacial score (nSPS) is 11.2. The highest BCUT2D eigenvalue weighted by Crippen LogP contribution is 2.30. The van der Waals surface area contributed by atoms with Crippen molar-refractivity contribution < 1.29 is 22.4 Å². The summed E-state index contributed by atoms with van der Waals surface area (Å²) in [5.74, 6) is -2.09. The Morgan fingerprint density at radius 2 is 1.95 bits per heavy atom. The zero-order valence-electron chi connectivity index (χ0n) is 10.4. The van der Waals surface area contributed by atoms with Crippen LogP contribution in [0.2, 0.25) is 0 Å². The molecule has 0 fully saturated rings. The van der Waals surface area contributed by atoms with Crippen molar-refractivity contribution in [1.82, 2.24) is 4.98 Å². The summed E-state index contributed by atoms with van der Waals surface area (Å²) in [5, 5.41) is 2.23. The first-order valence-corrected chi connectivity index (χ1v) is 5.66. The monoisotopic (exact) mass is 299 g/mol. The van der Waals surface area contributed by atoms with Crippen LogP contribution in [0.1, 0.15) is 15.9 Å². The first-order valence-electron chi connectivity index (χ1n) is 5.66. The van der Waals surface area contributed by atoms with Gasteiger partial charge in [-0.05, 0) is 24.3 Å². The maximum Gasteiger partial charge on any atom is 0.416 e. The highest BCUT2D eigenvalue weighted by Gasteiger charge is 2.32. The number of anilines is 2. The summed E-state index contributed by atoms with van der Waals surface area (Å²) in [7, 11) is 0. The molecule has 1 amide bonds. The molecule has 1 heterocycles. The number of nitrogens with one attached hydrogen (secondary N) is 1. The van der Waals surface area contributed by atoms with E-state index in [0.717, 1.165) is 0 Å². The van der Waals surface area contributed by atoms with Crippen LogP contribution in [-0.2, 0) is 6.18 Å². The van der Waals surface area contributed by atoms with E-state index in [1.54, 1.807) is 0 Å². The van der Waals surface area contributed by atoms with E-state index in [-0.39, 0.29) is 11.4 Å². The number of pyridine rings is 1. The van der Waals surface area contributed by atoms with Crippen LogP contribution in [0.25, 0.3) is 0 Å². The molecule has 0 bridgehead atoms. The van der Waals surface area contributed by atoms with E-state index in [1.807, 2.05) is 0 Å². The fourth-order valence-electron chi connectivity index (χ4n) is 1.59. The fraction of sp³-hybridized carbons (Fsp3) is 0.0769. The Bertz CT molecular complexity index is 685. The van der Waals surface area contributed by atoms with Crippen molar-refractivity contribution in [3.05, 3.63) is 53.6 Å². The smallest absolute Gasteiger partial charge is 0.396 e. The third-order valence-electron chi connectivity index (χ3n) is 2.64. The lowest BCUT2D eigenvalue weighted by Gasteiger charge is -2.11. The maximum absolute atomic E-state index is 13.5. The van der Waals surface area contributed by atoms with Crippen LogP contribution < -0.4 is 11.1 Å². The van der Waals surface area contributed by atoms with Crippen LogP contribution in [0.4, 0.5) is 28.9 Å². The second-order valence-electron chi connectivity index (χ2n) is 4.11. The second-order valence-corrected chi connectivity index (χ2v) is 4.11. The van der Waals surface area contributed by atoms with Gasteiger partial charge in [-0.25, -0.2) is 4.39 Å². The van der Waals surface area contributed by atoms with Gasteiger partial charge in [-0.3, -0.25) is 9.78 Å². The molecule has 0 aliphatic rings. The molecule has 2 aromatic rings. The van der Waals surface area contributed by atoms with Crippen LogP contribution in [0.5, 0.6) is 0 Å². The number of nitrogens with zero attached hydrogens (tertiary/aromatic N) is 1. The summed E-state index contributed by atoms with van der Waals surface area (Å²) < 4.78 is 51.3. The number of carbonyl (C=O) groups is 1. The number of rotatable bonds is 2. The highest BCUT2D eigenvalue weighted by atomic mass is 19.4. The fourth-order valence-corrected chi connectivity index (χ4v) is 1.59. The number of hydrogen-bond acceptors (Lipinski definition) is 3. The van der Waals surface area contributed by atoms with Crippen LogP contribution in [0.15, 0.2) is 36.7 Å². The van der Waals surface area contributed by atoms with Crippen molar-refractivity contribution >= 4 is 17.3 Å². The Balaban J connectivity index is 2.33. The van der Waals surface area contributed by atoms with E-state index in [0.29, 0.717) is 18.2 Å². The Hall–Kier alpha value is -2.64. The van der Waals surface area contributed by atoms with Crippen LogP contribution >= 0.6 is 0 Å². The van der Waals surface area contributed by atoms with Gasteiger partial charge >= 0.3 is 6.18 Å². The molecule has 0 saturated heterocycles. The third-order valence-corrected chi connectivity index (χ3v) is 2.64. The first-order chi connectivity index (χ1) is 9.79. The van der Waals surface area contributed by atoms with E-state index >= 15 is 0 Å². The molecule has 0 spiro atoms. The van der Waals surface area contributed by atoms with Crippen LogP contribution in [0, 0.1) is 5.82 Å². The molecular weight excluding hydrogens is 290 g/mol. The molecule has 0 aliphatic heterocycles. The number of amides is 1. The predicted octanol–water partition coefficient (Wildman–Crippen LogP) is 3.07. The Kier molecular flexibility index (Phi) is 3.79. The van der Waals surface area contributed by atoms with E-state index in [2.05, 4.69) is 10.3 Å². The number of nitrogens with two attached hydrogens (primary N) is 1. The average Bonchev–Trinajstić information content (AvgIpc) is 2.40. The maximum atomic E-state index is 13.5. The minimum atomic E-state index is -4.67. The SMILES string of the molecule is Nc1cnccc1NC(=O)c1cc(C(F)(F)F)ccc1F. The van der Waals surface area contributed by atoms with E-state index in [4.69, 9.17) is 5.73 Å². The topological polar surface area (TPSA) is 68.0 Å². The van der Waals surface area contributed by atoms with Gasteiger partial charge in [0.15, 0.2) is 0 Å². The lowest BCUT2D eigenvalue weighted by molar-refractivity contribution is -0.137. The molecule has 21 heavy (non-hydrogen) atoms. The summed E-state index contributed by atoms with van der Waals surface area (Å²) in [4.78, 5) is 15.6. The van der Waals surface area contributed by atoms with Crippen molar-refractivity contribution in [1.29, 1.82) is 0 Å². The number of hydrogen-bond donors (Lipinski definition) is 2. The van der Waals surface area contributed by atoms with Gasteiger partial charge in [0, 0.05) is 6.20 Å². The zero-order chi connectivity index (χ0) is 15.6. The molecular formula is C13H9F4N3O. The summed E-state index contributed by atoms with van der Waals surface area (Å²) in [6.07, 6.45) is -2.09. The van der Waals surface area contributed by atoms with Gasteiger partial charge in [0.2, 0.25) is 0 Å². The molecule has 8 heteroatoms. The van der Waals surface area contributed by atoms with Gasteiger partial charge in [0.1, 0.15) is 5.82 Å². The first kappa shape index (κ1) is 14.8. The Morgan fingerprint density at radius 3 is 2.57 bits per heavy atom. The molecule has 4 nitrogen and oxygen atoms in total. The molecule has 2 rings (SSSR count). The molecule has 1 aromatic heterocycles. The lowest BCUT2D eigenvalue weighted by atomic mass is 10.1. The molecule has 0 unspecified atom stereocenters. The number of aromatic nitrogens is 1. The molecule has 110 valence electrons. The summed E-state index contributed by atoms with van der Waals surface area (Å²) in [6.45, 7) is 0. The van der Waals surface area contributed by atoms with Crippen molar-refractivity contribution in [2.75, 3.05) is 11.1 Å². The van der Waals surface area contributed by atoms with Gasteiger partial charge in [-0.2, -0.15) is 13.2 Å². The predicted molar refractivity (Wildman–Crippen MR) is 68.0 cm³/mol. The molecule has 3 N–H and O–H groups in total. The standard InChI is InChI=1S/C13H9F4N3O/c14-9-2-1-7(13(15,16)17)5-8(9)12(21)20-11-3-4-19-6-10(11)18/h1-6H,18H2,(H,19,20,21). The van der Waals surface area contributed by atoms with Gasteiger partial charge < -0.3 is 11.1 Å². The number of carbonyl (C=O) groups excluding carboxylic acids is 1. The summed E-state index contributed by atoms with van der Waals surface area (Å²) in [6, 6.07) is 2.95. The Morgan fingerprint density at radius 1 is 1.24 bits per heavy atom. The van der Waals surface area contributed by atoms with Crippen LogP contribution in [0.3, 0.4) is 0 Å². The second kappa shape index (κ2) is 5.39. The molecule has 0 saturated carbocycles. The number of benzene rings is 1. The van der Waals surface area contributed by atoms with Gasteiger partial charge in [-0.1, -0.05) is 0 Å². The average molecular weight is 299 g/mol. The van der Waals surface area contributed by atoms with E-state index in [9.17, 15) is 22.4 Å². The largest absolute Gasteiger partial charge is 0.416 e. The minimum absolute atomic E-state index is 0.109. The van der Waals surface area contributed by atoms with Crippen molar-refractivity contribution in [3.8, 4) is 0 Å². The summed E-state index contributed by atoms with van der Waals surface area (Å²) in [5.41, 5.74) is 3.94. The minimum Gasteiger partial charge on any atom is -0.396 e. The molecule has 1 aromatic carbocycles. The van der Waals surface area contributed by atoms with Gasteiger partial charge in [-0.15, -0.1) is 0 Å². The van der Waals surface area contributed by atoms with Crippen molar-refractivity contribution in [3.63, 3.8) is 0 Å². The number of alkyl halides is 3.